The molecule has 0 atom stereocenters. The molecule has 108 valence electrons. The second kappa shape index (κ2) is 6.10. The molecule has 1 aromatic heterocycles. The maximum Gasteiger partial charge on any atom is 0.335 e. The lowest BCUT2D eigenvalue weighted by molar-refractivity contribution is 0.0697. The lowest BCUT2D eigenvalue weighted by Gasteiger charge is -2.07. The Morgan fingerprint density at radius 1 is 1.00 bits per heavy atom. The van der Waals surface area contributed by atoms with Crippen molar-refractivity contribution in [2.75, 3.05) is 0 Å². The van der Waals surface area contributed by atoms with Crippen LogP contribution in [0.2, 0.25) is 0 Å². The Kier molecular flexibility index (Phi) is 3.83. The zero-order valence-electron chi connectivity index (χ0n) is 11.8. The number of nitrogens with zero attached hydrogens (tertiary/aromatic N) is 2. The summed E-state index contributed by atoms with van der Waals surface area (Å²) in [6.45, 7) is 0. The third-order valence-corrected chi connectivity index (χ3v) is 3.25. The molecular formula is C18H14N2O2. The van der Waals surface area contributed by atoms with Crippen molar-refractivity contribution in [3.8, 4) is 5.69 Å². The summed E-state index contributed by atoms with van der Waals surface area (Å²) in [5.74, 6) is -0.937. The van der Waals surface area contributed by atoms with Gasteiger partial charge in [-0.15, -0.1) is 0 Å². The number of carboxylic acid groups (broad SMARTS) is 1. The minimum absolute atomic E-state index is 0.261. The number of aromatic nitrogens is 1. The Balaban J connectivity index is 1.94. The number of carboxylic acids is 1. The first-order chi connectivity index (χ1) is 10.7. The summed E-state index contributed by atoms with van der Waals surface area (Å²) in [6, 6.07) is 20.3. The molecule has 2 aromatic carbocycles. The van der Waals surface area contributed by atoms with Crippen LogP contribution >= 0.6 is 0 Å². The molecule has 1 heterocycles. The molecule has 4 nitrogen and oxygen atoms in total. The Labute approximate surface area is 128 Å². The minimum Gasteiger partial charge on any atom is -0.478 e. The lowest BCUT2D eigenvalue weighted by atomic mass is 10.2. The molecule has 0 saturated carbocycles. The van der Waals surface area contributed by atoms with Crippen molar-refractivity contribution in [3.63, 3.8) is 0 Å². The van der Waals surface area contributed by atoms with Gasteiger partial charge in [-0.05, 0) is 42.5 Å². The van der Waals surface area contributed by atoms with E-state index < -0.39 is 5.97 Å². The zero-order chi connectivity index (χ0) is 15.4. The number of aliphatic imine (C=N–C) groups is 1. The molecule has 0 bridgehead atoms. The third kappa shape index (κ3) is 2.96. The minimum atomic E-state index is -0.937. The Morgan fingerprint density at radius 2 is 1.82 bits per heavy atom. The molecule has 1 N–H and O–H groups in total. The smallest absolute Gasteiger partial charge is 0.335 e. The van der Waals surface area contributed by atoms with Gasteiger partial charge in [-0.1, -0.05) is 24.3 Å². The van der Waals surface area contributed by atoms with Crippen LogP contribution in [-0.2, 0) is 0 Å². The molecule has 4 heteroatoms. The van der Waals surface area contributed by atoms with E-state index in [4.69, 9.17) is 5.11 Å². The molecule has 0 aliphatic rings. The van der Waals surface area contributed by atoms with Crippen LogP contribution in [0.5, 0.6) is 0 Å². The highest BCUT2D eigenvalue weighted by Crippen LogP contribution is 2.15. The van der Waals surface area contributed by atoms with E-state index in [1.165, 1.54) is 0 Å². The topological polar surface area (TPSA) is 54.6 Å². The van der Waals surface area contributed by atoms with Gasteiger partial charge in [0.2, 0.25) is 0 Å². The van der Waals surface area contributed by atoms with Crippen LogP contribution in [0.1, 0.15) is 16.1 Å². The van der Waals surface area contributed by atoms with E-state index in [1.807, 2.05) is 59.3 Å². The highest BCUT2D eigenvalue weighted by atomic mass is 16.4. The standard InChI is InChI=1S/C18H14N2O2/c21-18(22)14-6-4-9-16(12-14)20-11-5-10-17(20)13-19-15-7-2-1-3-8-15/h1-13H,(H,21,22). The van der Waals surface area contributed by atoms with Crippen LogP contribution in [0, 0.1) is 0 Å². The quantitative estimate of drug-likeness (QED) is 0.740. The van der Waals surface area contributed by atoms with E-state index in [-0.39, 0.29) is 5.56 Å². The molecule has 0 aliphatic heterocycles. The van der Waals surface area contributed by atoms with E-state index in [2.05, 4.69) is 4.99 Å². The van der Waals surface area contributed by atoms with E-state index in [9.17, 15) is 4.79 Å². The van der Waals surface area contributed by atoms with Gasteiger partial charge in [0.05, 0.1) is 23.2 Å². The van der Waals surface area contributed by atoms with Gasteiger partial charge in [-0.3, -0.25) is 4.99 Å². The summed E-state index contributed by atoms with van der Waals surface area (Å²) in [7, 11) is 0. The SMILES string of the molecule is O=C(O)c1cccc(-n2cccc2C=Nc2ccccc2)c1. The predicted octanol–water partition coefficient (Wildman–Crippen LogP) is 3.93. The van der Waals surface area contributed by atoms with Crippen molar-refractivity contribution in [2.45, 2.75) is 0 Å². The highest BCUT2D eigenvalue weighted by Gasteiger charge is 2.06. The number of carbonyl (C=O) groups is 1. The van der Waals surface area contributed by atoms with Crippen LogP contribution < -0.4 is 0 Å². The Morgan fingerprint density at radius 3 is 2.59 bits per heavy atom. The molecule has 3 rings (SSSR count). The summed E-state index contributed by atoms with van der Waals surface area (Å²) < 4.78 is 1.90. The van der Waals surface area contributed by atoms with Crippen molar-refractivity contribution in [3.05, 3.63) is 84.2 Å². The van der Waals surface area contributed by atoms with E-state index in [0.29, 0.717) is 0 Å². The normalized spacial score (nSPS) is 10.9. The average Bonchev–Trinajstić information content (AvgIpc) is 3.02. The Bertz CT molecular complexity index is 820. The number of hydrogen-bond donors (Lipinski definition) is 1. The molecule has 0 amide bonds. The first-order valence-electron chi connectivity index (χ1n) is 6.84. The van der Waals surface area contributed by atoms with Crippen molar-refractivity contribution < 1.29 is 9.90 Å². The Hall–Kier alpha value is -3.14. The summed E-state index contributed by atoms with van der Waals surface area (Å²) >= 11 is 0. The number of aromatic carboxylic acids is 1. The average molecular weight is 290 g/mol. The van der Waals surface area contributed by atoms with Crippen LogP contribution in [0.15, 0.2) is 77.9 Å². The van der Waals surface area contributed by atoms with Gasteiger partial charge >= 0.3 is 5.97 Å². The fraction of sp³-hybridized carbons (Fsp3) is 0. The largest absolute Gasteiger partial charge is 0.478 e. The van der Waals surface area contributed by atoms with E-state index in [0.717, 1.165) is 17.1 Å². The number of benzene rings is 2. The van der Waals surface area contributed by atoms with Crippen LogP contribution in [0.3, 0.4) is 0 Å². The molecule has 0 radical (unpaired) electrons. The van der Waals surface area contributed by atoms with Crippen molar-refractivity contribution in [1.82, 2.24) is 4.57 Å². The van der Waals surface area contributed by atoms with Crippen LogP contribution in [0.25, 0.3) is 5.69 Å². The third-order valence-electron chi connectivity index (χ3n) is 3.25. The van der Waals surface area contributed by atoms with Gasteiger partial charge in [-0.2, -0.15) is 0 Å². The zero-order valence-corrected chi connectivity index (χ0v) is 11.8. The monoisotopic (exact) mass is 290 g/mol. The summed E-state index contributed by atoms with van der Waals surface area (Å²) in [4.78, 5) is 15.5. The molecule has 0 aliphatic carbocycles. The fourth-order valence-electron chi connectivity index (χ4n) is 2.18. The fourth-order valence-corrected chi connectivity index (χ4v) is 2.18. The van der Waals surface area contributed by atoms with Gasteiger partial charge in [0.15, 0.2) is 0 Å². The molecule has 0 spiro atoms. The van der Waals surface area contributed by atoms with Gasteiger partial charge in [0.1, 0.15) is 0 Å². The van der Waals surface area contributed by atoms with Crippen molar-refractivity contribution in [2.24, 2.45) is 4.99 Å². The summed E-state index contributed by atoms with van der Waals surface area (Å²) in [6.07, 6.45) is 3.65. The summed E-state index contributed by atoms with van der Waals surface area (Å²) in [5.41, 5.74) is 2.80. The second-order valence-corrected chi connectivity index (χ2v) is 4.75. The molecule has 0 unspecified atom stereocenters. The van der Waals surface area contributed by atoms with E-state index in [1.54, 1.807) is 24.4 Å². The van der Waals surface area contributed by atoms with E-state index >= 15 is 0 Å². The van der Waals surface area contributed by atoms with Crippen molar-refractivity contribution >= 4 is 17.9 Å². The first kappa shape index (κ1) is 13.8. The molecule has 22 heavy (non-hydrogen) atoms. The van der Waals surface area contributed by atoms with Gasteiger partial charge in [0, 0.05) is 11.9 Å². The van der Waals surface area contributed by atoms with Gasteiger partial charge in [0.25, 0.3) is 0 Å². The molecule has 0 saturated heterocycles. The number of rotatable bonds is 4. The predicted molar refractivity (Wildman–Crippen MR) is 86.4 cm³/mol. The van der Waals surface area contributed by atoms with Crippen LogP contribution in [0.4, 0.5) is 5.69 Å². The van der Waals surface area contributed by atoms with Crippen LogP contribution in [-0.4, -0.2) is 21.9 Å². The number of hydrogen-bond acceptors (Lipinski definition) is 2. The summed E-state index contributed by atoms with van der Waals surface area (Å²) in [5, 5.41) is 9.09. The lowest BCUT2D eigenvalue weighted by Crippen LogP contribution is -2.01. The van der Waals surface area contributed by atoms with Crippen molar-refractivity contribution in [1.29, 1.82) is 0 Å². The molecular weight excluding hydrogens is 276 g/mol. The van der Waals surface area contributed by atoms with Gasteiger partial charge < -0.3 is 9.67 Å². The maximum absolute atomic E-state index is 11.1. The molecule has 0 fully saturated rings. The maximum atomic E-state index is 11.1. The highest BCUT2D eigenvalue weighted by molar-refractivity contribution is 5.88. The number of para-hydroxylation sites is 1. The first-order valence-corrected chi connectivity index (χ1v) is 6.84. The van der Waals surface area contributed by atoms with Gasteiger partial charge in [-0.25, -0.2) is 4.79 Å². The second-order valence-electron chi connectivity index (χ2n) is 4.75. The molecule has 3 aromatic rings.